The van der Waals surface area contributed by atoms with Gasteiger partial charge in [-0.25, -0.2) is 0 Å². The number of nitrogens with zero attached hydrogens (tertiary/aromatic N) is 4. The van der Waals surface area contributed by atoms with Gasteiger partial charge >= 0.3 is 0 Å². The van der Waals surface area contributed by atoms with Crippen LogP contribution in [0.3, 0.4) is 0 Å². The van der Waals surface area contributed by atoms with E-state index in [1.807, 2.05) is 30.0 Å². The highest BCUT2D eigenvalue weighted by atomic mass is 16.3. The van der Waals surface area contributed by atoms with Crippen molar-refractivity contribution in [1.82, 2.24) is 9.78 Å². The van der Waals surface area contributed by atoms with Gasteiger partial charge in [0, 0.05) is 28.9 Å². The lowest BCUT2D eigenvalue weighted by Gasteiger charge is -2.49. The summed E-state index contributed by atoms with van der Waals surface area (Å²) in [4.78, 5) is 0. The molecule has 2 fully saturated rings. The van der Waals surface area contributed by atoms with Gasteiger partial charge in [-0.15, -0.1) is 0 Å². The maximum Gasteiger partial charge on any atom is 0.115 e. The summed E-state index contributed by atoms with van der Waals surface area (Å²) in [6.07, 6.45) is 8.90. The van der Waals surface area contributed by atoms with Crippen LogP contribution in [-0.4, -0.2) is 26.8 Å². The zero-order valence-electron chi connectivity index (χ0n) is 19.2. The average molecular weight is 419 g/mol. The molecule has 0 bridgehead atoms. The first-order chi connectivity index (χ1) is 14.9. The topological polar surface area (TPSA) is 62.8 Å². The molecule has 0 spiro atoms. The van der Waals surface area contributed by atoms with Crippen molar-refractivity contribution in [3.8, 4) is 5.75 Å². The molecular formula is C26H34N4O. The standard InChI is InChI=1S/C26H34N4O/c1-5-30-17(3)23(16(2)29-30)15-27-28-25-11-10-24-22-8-6-18-14-19(31)7-9-20(18)21(22)12-13-26(24,25)4/h7,9,14-15,21-22,24,31H,5-6,8,10-13H2,1-4H3/b27-15-,28-25-/t21-,22-,24-,26-/m0/s1. The summed E-state index contributed by atoms with van der Waals surface area (Å²) >= 11 is 0. The van der Waals surface area contributed by atoms with Crippen molar-refractivity contribution in [2.24, 2.45) is 27.5 Å². The molecule has 3 aliphatic rings. The fourth-order valence-corrected chi connectivity index (χ4v) is 6.88. The molecular weight excluding hydrogens is 384 g/mol. The Balaban J connectivity index is 1.38. The van der Waals surface area contributed by atoms with E-state index in [0.717, 1.165) is 42.3 Å². The summed E-state index contributed by atoms with van der Waals surface area (Å²) in [6.45, 7) is 9.57. The lowest BCUT2D eigenvalue weighted by atomic mass is 9.55. The first-order valence-corrected chi connectivity index (χ1v) is 11.9. The van der Waals surface area contributed by atoms with Gasteiger partial charge in [0.25, 0.3) is 0 Å². The van der Waals surface area contributed by atoms with Crippen LogP contribution in [0.1, 0.15) is 79.9 Å². The monoisotopic (exact) mass is 418 g/mol. The third kappa shape index (κ3) is 3.24. The molecule has 1 aromatic heterocycles. The van der Waals surface area contributed by atoms with Crippen LogP contribution in [0.5, 0.6) is 5.75 Å². The van der Waals surface area contributed by atoms with Crippen molar-refractivity contribution in [2.75, 3.05) is 0 Å². The lowest BCUT2D eigenvalue weighted by molar-refractivity contribution is 0.0955. The van der Waals surface area contributed by atoms with Crippen molar-refractivity contribution < 1.29 is 5.11 Å². The Bertz CT molecular complexity index is 1070. The molecule has 5 nitrogen and oxygen atoms in total. The van der Waals surface area contributed by atoms with Crippen molar-refractivity contribution >= 4 is 11.9 Å². The third-order valence-corrected chi connectivity index (χ3v) is 8.55. The van der Waals surface area contributed by atoms with Crippen LogP contribution in [-0.2, 0) is 13.0 Å². The van der Waals surface area contributed by atoms with Crippen LogP contribution in [0.25, 0.3) is 0 Å². The normalized spacial score (nSPS) is 31.1. The second kappa shape index (κ2) is 7.61. The van der Waals surface area contributed by atoms with Gasteiger partial charge in [0.2, 0.25) is 0 Å². The van der Waals surface area contributed by atoms with Gasteiger partial charge in [-0.2, -0.15) is 15.3 Å². The minimum absolute atomic E-state index is 0.171. The zero-order valence-corrected chi connectivity index (χ0v) is 19.2. The second-order valence-electron chi connectivity index (χ2n) is 9.98. The van der Waals surface area contributed by atoms with Crippen LogP contribution >= 0.6 is 0 Å². The summed E-state index contributed by atoms with van der Waals surface area (Å²) in [5.41, 5.74) is 7.59. The van der Waals surface area contributed by atoms with Gasteiger partial charge in [0.05, 0.1) is 11.9 Å². The Labute approximate surface area is 185 Å². The number of phenols is 1. The molecule has 164 valence electrons. The molecule has 0 aliphatic heterocycles. The molecule has 31 heavy (non-hydrogen) atoms. The van der Waals surface area contributed by atoms with Gasteiger partial charge in [0.15, 0.2) is 0 Å². The van der Waals surface area contributed by atoms with Gasteiger partial charge in [0.1, 0.15) is 5.75 Å². The number of hydrogen-bond donors (Lipinski definition) is 1. The van der Waals surface area contributed by atoms with Crippen LogP contribution in [0.15, 0.2) is 28.4 Å². The molecule has 0 saturated heterocycles. The highest BCUT2D eigenvalue weighted by Crippen LogP contribution is 2.60. The van der Waals surface area contributed by atoms with Crippen molar-refractivity contribution in [3.63, 3.8) is 0 Å². The smallest absolute Gasteiger partial charge is 0.115 e. The summed E-state index contributed by atoms with van der Waals surface area (Å²) in [5, 5.41) is 23.8. The zero-order chi connectivity index (χ0) is 21.8. The molecule has 2 saturated carbocycles. The lowest BCUT2D eigenvalue weighted by Crippen LogP contribution is -2.42. The number of fused-ring (bicyclic) bond motifs is 5. The van der Waals surface area contributed by atoms with Gasteiger partial charge in [-0.3, -0.25) is 4.68 Å². The van der Waals surface area contributed by atoms with E-state index in [-0.39, 0.29) is 5.41 Å². The van der Waals surface area contributed by atoms with Gasteiger partial charge in [-0.05, 0) is 100 Å². The highest BCUT2D eigenvalue weighted by Gasteiger charge is 2.53. The number of aromatic hydroxyl groups is 1. The Kier molecular flexibility index (Phi) is 5.03. The number of hydrogen-bond acceptors (Lipinski definition) is 4. The number of aromatic nitrogens is 2. The first-order valence-electron chi connectivity index (χ1n) is 11.9. The quantitative estimate of drug-likeness (QED) is 0.524. The minimum atomic E-state index is 0.171. The number of aryl methyl sites for hydroxylation is 3. The summed E-state index contributed by atoms with van der Waals surface area (Å²) in [7, 11) is 0. The fourth-order valence-electron chi connectivity index (χ4n) is 6.88. The molecule has 5 rings (SSSR count). The van der Waals surface area contributed by atoms with E-state index in [0.29, 0.717) is 17.6 Å². The molecule has 0 unspecified atom stereocenters. The van der Waals surface area contributed by atoms with E-state index in [1.54, 1.807) is 0 Å². The third-order valence-electron chi connectivity index (χ3n) is 8.55. The van der Waals surface area contributed by atoms with Crippen molar-refractivity contribution in [2.45, 2.75) is 78.7 Å². The molecule has 3 aliphatic carbocycles. The van der Waals surface area contributed by atoms with E-state index >= 15 is 0 Å². The number of rotatable bonds is 3. The van der Waals surface area contributed by atoms with E-state index < -0.39 is 0 Å². The Hall–Kier alpha value is -2.43. The fraction of sp³-hybridized carbons (Fsp3) is 0.577. The summed E-state index contributed by atoms with van der Waals surface area (Å²) < 4.78 is 2.03. The van der Waals surface area contributed by atoms with Crippen molar-refractivity contribution in [1.29, 1.82) is 0 Å². The minimum Gasteiger partial charge on any atom is -0.508 e. The molecule has 1 aromatic carbocycles. The van der Waals surface area contributed by atoms with Gasteiger partial charge < -0.3 is 5.11 Å². The van der Waals surface area contributed by atoms with E-state index in [4.69, 9.17) is 5.10 Å². The molecule has 2 aromatic rings. The van der Waals surface area contributed by atoms with Crippen LogP contribution in [0.2, 0.25) is 0 Å². The molecule has 1 heterocycles. The molecule has 0 amide bonds. The molecule has 0 radical (unpaired) electrons. The van der Waals surface area contributed by atoms with E-state index in [9.17, 15) is 5.11 Å². The predicted molar refractivity (Wildman–Crippen MR) is 125 cm³/mol. The van der Waals surface area contributed by atoms with Crippen LogP contribution in [0, 0.1) is 31.1 Å². The molecule has 1 N–H and O–H groups in total. The highest BCUT2D eigenvalue weighted by molar-refractivity contribution is 5.93. The van der Waals surface area contributed by atoms with Crippen LogP contribution < -0.4 is 0 Å². The molecule has 4 atom stereocenters. The number of benzene rings is 1. The first kappa shape index (κ1) is 20.5. The van der Waals surface area contributed by atoms with E-state index in [1.165, 1.54) is 42.5 Å². The SMILES string of the molecule is CCn1nc(C)c(/C=N\N=C2\CC[C@H]3[C@H]4CCc5cc(O)ccc5[C@@H]4CC[C@]23C)c1C. The maximum absolute atomic E-state index is 9.89. The number of phenolic OH excluding ortho intramolecular Hbond substituents is 1. The van der Waals surface area contributed by atoms with E-state index in [2.05, 4.69) is 37.0 Å². The van der Waals surface area contributed by atoms with Gasteiger partial charge in [-0.1, -0.05) is 13.0 Å². The van der Waals surface area contributed by atoms with Crippen LogP contribution in [0.4, 0.5) is 0 Å². The van der Waals surface area contributed by atoms with Crippen molar-refractivity contribution in [3.05, 3.63) is 46.3 Å². The average Bonchev–Trinajstić information content (AvgIpc) is 3.23. The largest absolute Gasteiger partial charge is 0.508 e. The maximum atomic E-state index is 9.89. The predicted octanol–water partition coefficient (Wildman–Crippen LogP) is 5.56. The molecule has 5 heteroatoms. The Morgan fingerprint density at radius 2 is 2.06 bits per heavy atom. The summed E-state index contributed by atoms with van der Waals surface area (Å²) in [5.74, 6) is 2.45. The Morgan fingerprint density at radius 3 is 2.84 bits per heavy atom. The Morgan fingerprint density at radius 1 is 1.23 bits per heavy atom. The summed E-state index contributed by atoms with van der Waals surface area (Å²) in [6, 6.07) is 6.04. The second-order valence-corrected chi connectivity index (χ2v) is 9.98.